The highest BCUT2D eigenvalue weighted by Crippen LogP contribution is 2.39. The fourth-order valence-electron chi connectivity index (χ4n) is 1.53. The van der Waals surface area contributed by atoms with Gasteiger partial charge in [0.15, 0.2) is 0 Å². The molecule has 90 valence electrons. The number of alkyl halides is 1. The van der Waals surface area contributed by atoms with Gasteiger partial charge in [0.1, 0.15) is 11.6 Å². The van der Waals surface area contributed by atoms with Crippen molar-refractivity contribution in [3.63, 3.8) is 0 Å². The molecule has 0 N–H and O–H groups in total. The molecule has 1 heterocycles. The van der Waals surface area contributed by atoms with Crippen LogP contribution in [0.2, 0.25) is 0 Å². The van der Waals surface area contributed by atoms with Gasteiger partial charge in [-0.15, -0.1) is 22.9 Å². The molecular formula is C12H8BrClF2S. The second-order valence-electron chi connectivity index (χ2n) is 3.59. The van der Waals surface area contributed by atoms with E-state index in [9.17, 15) is 8.78 Å². The molecule has 17 heavy (non-hydrogen) atoms. The van der Waals surface area contributed by atoms with Gasteiger partial charge in [-0.05, 0) is 45.9 Å². The third-order valence-electron chi connectivity index (χ3n) is 2.45. The normalized spacial score (nSPS) is 12.8. The van der Waals surface area contributed by atoms with Crippen LogP contribution in [0, 0.1) is 18.6 Å². The van der Waals surface area contributed by atoms with Gasteiger partial charge in [0.2, 0.25) is 0 Å². The largest absolute Gasteiger partial charge is 0.207 e. The number of hydrogen-bond acceptors (Lipinski definition) is 1. The Bertz CT molecular complexity index is 553. The number of thiophene rings is 1. The van der Waals surface area contributed by atoms with Gasteiger partial charge in [-0.2, -0.15) is 0 Å². The van der Waals surface area contributed by atoms with Crippen LogP contribution in [-0.4, -0.2) is 0 Å². The van der Waals surface area contributed by atoms with Crippen LogP contribution in [0.4, 0.5) is 8.78 Å². The Balaban J connectivity index is 2.55. The monoisotopic (exact) mass is 336 g/mol. The molecule has 0 saturated carbocycles. The van der Waals surface area contributed by atoms with Crippen LogP contribution in [0.5, 0.6) is 0 Å². The molecule has 0 aliphatic rings. The van der Waals surface area contributed by atoms with Crippen molar-refractivity contribution in [2.24, 2.45) is 0 Å². The summed E-state index contributed by atoms with van der Waals surface area (Å²) in [4.78, 5) is 0.704. The van der Waals surface area contributed by atoms with E-state index in [4.69, 9.17) is 11.6 Å². The number of aryl methyl sites for hydroxylation is 1. The van der Waals surface area contributed by atoms with E-state index in [1.165, 1.54) is 23.5 Å². The fraction of sp³-hybridized carbons (Fsp3) is 0.167. The Morgan fingerprint density at radius 3 is 2.59 bits per heavy atom. The van der Waals surface area contributed by atoms with E-state index >= 15 is 0 Å². The molecular weight excluding hydrogens is 330 g/mol. The molecule has 0 aliphatic heterocycles. The van der Waals surface area contributed by atoms with Crippen LogP contribution < -0.4 is 0 Å². The Kier molecular flexibility index (Phi) is 3.85. The lowest BCUT2D eigenvalue weighted by Gasteiger charge is -2.12. The summed E-state index contributed by atoms with van der Waals surface area (Å²) in [7, 11) is 0. The SMILES string of the molecule is Cc1ccc(F)c(C(Cl)c2sccc2Br)c1F. The number of benzene rings is 1. The molecule has 1 aromatic heterocycles. The van der Waals surface area contributed by atoms with Crippen molar-refractivity contribution < 1.29 is 8.78 Å². The molecule has 5 heteroatoms. The quantitative estimate of drug-likeness (QED) is 0.641. The van der Waals surface area contributed by atoms with Gasteiger partial charge in [0.05, 0.1) is 5.38 Å². The molecule has 0 amide bonds. The van der Waals surface area contributed by atoms with E-state index < -0.39 is 17.0 Å². The molecule has 0 aliphatic carbocycles. The van der Waals surface area contributed by atoms with Crippen LogP contribution in [0.3, 0.4) is 0 Å². The molecule has 0 radical (unpaired) electrons. The maximum atomic E-state index is 13.9. The lowest BCUT2D eigenvalue weighted by atomic mass is 10.1. The number of hydrogen-bond donors (Lipinski definition) is 0. The highest BCUT2D eigenvalue weighted by molar-refractivity contribution is 9.10. The lowest BCUT2D eigenvalue weighted by molar-refractivity contribution is 0.554. The average Bonchev–Trinajstić information content (AvgIpc) is 2.70. The van der Waals surface area contributed by atoms with Crippen molar-refractivity contribution in [3.8, 4) is 0 Å². The zero-order chi connectivity index (χ0) is 12.6. The first-order valence-corrected chi connectivity index (χ1v) is 6.94. The van der Waals surface area contributed by atoms with E-state index in [0.29, 0.717) is 10.4 Å². The first-order chi connectivity index (χ1) is 8.02. The second-order valence-corrected chi connectivity index (χ2v) is 5.83. The van der Waals surface area contributed by atoms with E-state index in [1.54, 1.807) is 13.0 Å². The summed E-state index contributed by atoms with van der Waals surface area (Å²) in [5, 5.41) is 1.00. The van der Waals surface area contributed by atoms with E-state index in [2.05, 4.69) is 15.9 Å². The van der Waals surface area contributed by atoms with Gasteiger partial charge < -0.3 is 0 Å². The van der Waals surface area contributed by atoms with Crippen LogP contribution in [-0.2, 0) is 0 Å². The Morgan fingerprint density at radius 2 is 2.00 bits per heavy atom. The third-order valence-corrected chi connectivity index (χ3v) is 4.95. The molecule has 0 saturated heterocycles. The summed E-state index contributed by atoms with van der Waals surface area (Å²) in [6.07, 6.45) is 0. The summed E-state index contributed by atoms with van der Waals surface area (Å²) >= 11 is 10.8. The molecule has 1 atom stereocenters. The van der Waals surface area contributed by atoms with Crippen LogP contribution in [0.25, 0.3) is 0 Å². The molecule has 0 spiro atoms. The molecule has 0 nitrogen and oxygen atoms in total. The van der Waals surface area contributed by atoms with Gasteiger partial charge in [-0.3, -0.25) is 0 Å². The minimum atomic E-state index is -0.815. The number of rotatable bonds is 2. The molecule has 2 aromatic rings. The lowest BCUT2D eigenvalue weighted by Crippen LogP contribution is -2.02. The fourth-order valence-corrected chi connectivity index (χ4v) is 3.72. The van der Waals surface area contributed by atoms with Crippen molar-refractivity contribution >= 4 is 38.9 Å². The summed E-state index contributed by atoms with van der Waals surface area (Å²) in [6, 6.07) is 4.45. The molecule has 1 unspecified atom stereocenters. The average molecular weight is 338 g/mol. The summed E-state index contributed by atoms with van der Waals surface area (Å²) in [5.74, 6) is -1.20. The highest BCUT2D eigenvalue weighted by atomic mass is 79.9. The standard InChI is InChI=1S/C12H8BrClF2S/c1-6-2-3-8(15)9(11(6)16)10(14)12-7(13)4-5-17-12/h2-5,10H,1H3. The Hall–Kier alpha value is -0.450. The third kappa shape index (κ3) is 2.39. The summed E-state index contributed by atoms with van der Waals surface area (Å²) in [6.45, 7) is 1.59. The van der Waals surface area contributed by atoms with Crippen molar-refractivity contribution in [1.82, 2.24) is 0 Å². The minimum Gasteiger partial charge on any atom is -0.207 e. The van der Waals surface area contributed by atoms with Gasteiger partial charge in [0.25, 0.3) is 0 Å². The van der Waals surface area contributed by atoms with Crippen molar-refractivity contribution in [2.75, 3.05) is 0 Å². The molecule has 2 rings (SSSR count). The van der Waals surface area contributed by atoms with Gasteiger partial charge >= 0.3 is 0 Å². The van der Waals surface area contributed by atoms with Gasteiger partial charge in [-0.1, -0.05) is 6.07 Å². The zero-order valence-electron chi connectivity index (χ0n) is 8.81. The van der Waals surface area contributed by atoms with Crippen molar-refractivity contribution in [3.05, 3.63) is 55.7 Å². The van der Waals surface area contributed by atoms with Crippen LogP contribution in [0.1, 0.15) is 21.4 Å². The summed E-state index contributed by atoms with van der Waals surface area (Å²) < 4.78 is 28.3. The Labute approximate surface area is 115 Å². The van der Waals surface area contributed by atoms with Gasteiger partial charge in [0, 0.05) is 14.9 Å². The first-order valence-electron chi connectivity index (χ1n) is 4.84. The predicted molar refractivity (Wildman–Crippen MR) is 70.8 cm³/mol. The van der Waals surface area contributed by atoms with Crippen molar-refractivity contribution in [2.45, 2.75) is 12.3 Å². The topological polar surface area (TPSA) is 0 Å². The summed E-state index contributed by atoms with van der Waals surface area (Å²) in [5.41, 5.74) is 0.301. The predicted octanol–water partition coefficient (Wildman–Crippen LogP) is 5.43. The highest BCUT2D eigenvalue weighted by Gasteiger charge is 2.23. The van der Waals surface area contributed by atoms with Crippen LogP contribution in [0.15, 0.2) is 28.1 Å². The minimum absolute atomic E-state index is 0.0881. The van der Waals surface area contributed by atoms with E-state index in [1.807, 2.05) is 5.38 Å². The first kappa shape index (κ1) is 13.0. The van der Waals surface area contributed by atoms with Gasteiger partial charge in [-0.25, -0.2) is 8.78 Å². The van der Waals surface area contributed by atoms with E-state index in [0.717, 1.165) is 4.47 Å². The second kappa shape index (κ2) is 5.04. The van der Waals surface area contributed by atoms with Crippen LogP contribution >= 0.6 is 38.9 Å². The van der Waals surface area contributed by atoms with Crippen molar-refractivity contribution in [1.29, 1.82) is 0 Å². The van der Waals surface area contributed by atoms with E-state index in [-0.39, 0.29) is 5.56 Å². The number of halogens is 4. The maximum Gasteiger partial charge on any atom is 0.134 e. The maximum absolute atomic E-state index is 13.9. The zero-order valence-corrected chi connectivity index (χ0v) is 12.0. The molecule has 0 fully saturated rings. The Morgan fingerprint density at radius 1 is 1.29 bits per heavy atom. The smallest absolute Gasteiger partial charge is 0.134 e. The molecule has 0 bridgehead atoms. The molecule has 1 aromatic carbocycles.